The Kier molecular flexibility index (Phi) is 15.8. The van der Waals surface area contributed by atoms with Gasteiger partial charge in [-0.1, -0.05) is 63.7 Å². The number of benzene rings is 1. The Morgan fingerprint density at radius 2 is 1.66 bits per heavy atom. The molecule has 3 atom stereocenters. The largest absolute Gasteiger partial charge is 0.465 e. The summed E-state index contributed by atoms with van der Waals surface area (Å²) in [7, 11) is -3.68. The zero-order valence-corrected chi connectivity index (χ0v) is 29.7. The van der Waals surface area contributed by atoms with Gasteiger partial charge in [0.25, 0.3) is 0 Å². The second kappa shape index (κ2) is 19.2. The number of anilines is 1. The molecule has 0 saturated carbocycles. The number of imidazole rings is 1. The van der Waals surface area contributed by atoms with Gasteiger partial charge in [0.05, 0.1) is 44.7 Å². The van der Waals surface area contributed by atoms with Crippen molar-refractivity contribution in [1.29, 1.82) is 0 Å². The number of rotatable bonds is 21. The first-order valence-corrected chi connectivity index (χ1v) is 18.7. The van der Waals surface area contributed by atoms with Crippen molar-refractivity contribution in [3.8, 4) is 0 Å². The molecule has 0 spiro atoms. The van der Waals surface area contributed by atoms with Crippen LogP contribution in [0.3, 0.4) is 0 Å². The van der Waals surface area contributed by atoms with Gasteiger partial charge >= 0.3 is 13.6 Å². The van der Waals surface area contributed by atoms with Gasteiger partial charge in [-0.2, -0.15) is 0 Å². The molecule has 1 aromatic carbocycles. The third-order valence-electron chi connectivity index (χ3n) is 7.27. The van der Waals surface area contributed by atoms with Crippen molar-refractivity contribution in [3.05, 3.63) is 48.0 Å². The van der Waals surface area contributed by atoms with Crippen LogP contribution in [0.1, 0.15) is 64.5 Å². The van der Waals surface area contributed by atoms with Crippen molar-refractivity contribution in [2.24, 2.45) is 17.6 Å². The predicted molar refractivity (Wildman–Crippen MR) is 184 cm³/mol. The number of carbonyl (C=O) groups excluding carboxylic acids is 2. The molecule has 260 valence electrons. The van der Waals surface area contributed by atoms with E-state index in [-0.39, 0.29) is 55.6 Å². The Morgan fingerprint density at radius 3 is 2.34 bits per heavy atom. The molecular formula is C32H49N6O7PS. The Labute approximate surface area is 281 Å². The molecular weight excluding hydrogens is 643 g/mol. The van der Waals surface area contributed by atoms with E-state index in [2.05, 4.69) is 28.8 Å². The van der Waals surface area contributed by atoms with Gasteiger partial charge in [0.15, 0.2) is 11.5 Å². The summed E-state index contributed by atoms with van der Waals surface area (Å²) in [6.07, 6.45) is 4.42. The van der Waals surface area contributed by atoms with Gasteiger partial charge in [-0.3, -0.25) is 14.2 Å². The Bertz CT molecular complexity index is 1470. The lowest BCUT2D eigenvalue weighted by Gasteiger charge is -2.19. The molecule has 0 saturated heterocycles. The van der Waals surface area contributed by atoms with Crippen LogP contribution in [0.5, 0.6) is 0 Å². The molecule has 15 heteroatoms. The van der Waals surface area contributed by atoms with Crippen LogP contribution in [0.15, 0.2) is 36.9 Å². The number of nitrogen functional groups attached to an aromatic ring is 1. The van der Waals surface area contributed by atoms with Crippen LogP contribution in [0.2, 0.25) is 0 Å². The van der Waals surface area contributed by atoms with Crippen molar-refractivity contribution in [1.82, 2.24) is 19.5 Å². The zero-order valence-electron chi connectivity index (χ0n) is 28.0. The van der Waals surface area contributed by atoms with E-state index in [1.54, 1.807) is 10.9 Å². The summed E-state index contributed by atoms with van der Waals surface area (Å²) in [5.41, 5.74) is 14.9. The zero-order chi connectivity index (χ0) is 34.4. The highest BCUT2D eigenvalue weighted by molar-refractivity contribution is 8.13. The number of esters is 1. The fourth-order valence-electron chi connectivity index (χ4n) is 4.43. The van der Waals surface area contributed by atoms with Gasteiger partial charge in [-0.05, 0) is 42.7 Å². The Balaban J connectivity index is 1.46. The van der Waals surface area contributed by atoms with Gasteiger partial charge in [-0.25, -0.2) is 15.0 Å². The first-order valence-electron chi connectivity index (χ1n) is 15.9. The molecule has 0 bridgehead atoms. The van der Waals surface area contributed by atoms with Gasteiger partial charge in [0.1, 0.15) is 18.2 Å². The summed E-state index contributed by atoms with van der Waals surface area (Å²) in [5.74, 6) is 0.594. The molecule has 0 amide bonds. The van der Waals surface area contributed by atoms with E-state index >= 15 is 0 Å². The average molecular weight is 693 g/mol. The number of nitrogens with two attached hydrogens (primary N) is 2. The lowest BCUT2D eigenvalue weighted by Crippen LogP contribution is -2.33. The number of fused-ring (bicyclic) bond motifs is 1. The molecule has 0 radical (unpaired) electrons. The molecule has 2 unspecified atom stereocenters. The van der Waals surface area contributed by atoms with Gasteiger partial charge in [-0.15, -0.1) is 0 Å². The maximum Gasteiger partial charge on any atom is 0.356 e. The summed E-state index contributed by atoms with van der Waals surface area (Å²) in [6.45, 7) is 10.7. The normalized spacial score (nSPS) is 14.4. The van der Waals surface area contributed by atoms with E-state index in [1.165, 1.54) is 11.9 Å². The van der Waals surface area contributed by atoms with Gasteiger partial charge in [0.2, 0.25) is 5.12 Å². The number of carbonyl (C=O) groups is 2. The summed E-state index contributed by atoms with van der Waals surface area (Å²) in [6, 6.07) is 7.49. The SMILES string of the molecule is CC(C)Cc1ccc(C(C)C(=O)OCCCOP(=O)(COCCn2cnc3c(N)ncnc32)OCCCSC(=O)[C@H](N)C(C)C)cc1. The molecule has 0 fully saturated rings. The first-order chi connectivity index (χ1) is 22.4. The van der Waals surface area contributed by atoms with Crippen LogP contribution in [-0.2, 0) is 45.6 Å². The topological polar surface area (TPSA) is 184 Å². The third kappa shape index (κ3) is 12.6. The Morgan fingerprint density at radius 1 is 0.957 bits per heavy atom. The lowest BCUT2D eigenvalue weighted by molar-refractivity contribution is -0.145. The molecule has 2 heterocycles. The van der Waals surface area contributed by atoms with Crippen LogP contribution >= 0.6 is 19.4 Å². The van der Waals surface area contributed by atoms with E-state index in [0.29, 0.717) is 42.2 Å². The standard InChI is InChI=1S/C32H49N6O7PS/c1-22(2)18-25-8-10-26(11-9-25)24(5)31(39)43-13-6-14-44-46(41,45-15-7-17-47-32(40)27(33)23(3)4)21-42-16-12-38-20-37-28-29(34)35-19-36-30(28)38/h8-11,19-20,22-24,27H,6-7,12-18,21,33H2,1-5H3,(H2,34,35,36)/t24?,27-,46?/m1/s1. The number of aromatic nitrogens is 4. The van der Waals surface area contributed by atoms with Crippen molar-refractivity contribution >= 4 is 47.4 Å². The van der Waals surface area contributed by atoms with E-state index in [0.717, 1.165) is 23.7 Å². The quantitative estimate of drug-likeness (QED) is 0.0847. The fourth-order valence-corrected chi connectivity index (χ4v) is 6.75. The van der Waals surface area contributed by atoms with E-state index in [1.807, 2.05) is 45.0 Å². The van der Waals surface area contributed by atoms with E-state index in [9.17, 15) is 14.2 Å². The highest BCUT2D eigenvalue weighted by Crippen LogP contribution is 2.48. The number of ether oxygens (including phenoxy) is 2. The van der Waals surface area contributed by atoms with E-state index < -0.39 is 19.6 Å². The van der Waals surface area contributed by atoms with Crippen LogP contribution in [0, 0.1) is 11.8 Å². The highest BCUT2D eigenvalue weighted by atomic mass is 32.2. The van der Waals surface area contributed by atoms with Crippen LogP contribution < -0.4 is 11.5 Å². The summed E-state index contributed by atoms with van der Waals surface area (Å²) in [5, 5.41) is -0.0891. The second-order valence-corrected chi connectivity index (χ2v) is 15.2. The molecule has 3 rings (SSSR count). The number of hydrogen-bond donors (Lipinski definition) is 2. The van der Waals surface area contributed by atoms with Gasteiger partial charge < -0.3 is 34.6 Å². The molecule has 47 heavy (non-hydrogen) atoms. The molecule has 0 aliphatic heterocycles. The average Bonchev–Trinajstić information content (AvgIpc) is 3.46. The molecule has 0 aliphatic rings. The minimum Gasteiger partial charge on any atom is -0.465 e. The highest BCUT2D eigenvalue weighted by Gasteiger charge is 2.26. The maximum atomic E-state index is 13.6. The van der Waals surface area contributed by atoms with Crippen LogP contribution in [0.25, 0.3) is 11.2 Å². The monoisotopic (exact) mass is 692 g/mol. The number of nitrogens with zero attached hydrogens (tertiary/aromatic N) is 4. The Hall–Kier alpha value is -2.87. The lowest BCUT2D eigenvalue weighted by atomic mass is 9.97. The summed E-state index contributed by atoms with van der Waals surface area (Å²) in [4.78, 5) is 37.2. The summed E-state index contributed by atoms with van der Waals surface area (Å²) < 4.78 is 37.9. The molecule has 0 aliphatic carbocycles. The second-order valence-electron chi connectivity index (χ2n) is 12.1. The fraction of sp³-hybridized carbons (Fsp3) is 0.594. The molecule has 3 aromatic rings. The summed E-state index contributed by atoms with van der Waals surface area (Å²) >= 11 is 1.13. The molecule has 2 aromatic heterocycles. The predicted octanol–water partition coefficient (Wildman–Crippen LogP) is 5.18. The van der Waals surface area contributed by atoms with Crippen LogP contribution in [-0.4, -0.2) is 75.2 Å². The third-order valence-corrected chi connectivity index (χ3v) is 9.97. The smallest absolute Gasteiger partial charge is 0.356 e. The minimum absolute atomic E-state index is 0.0328. The van der Waals surface area contributed by atoms with Crippen LogP contribution in [0.4, 0.5) is 5.82 Å². The van der Waals surface area contributed by atoms with Crippen molar-refractivity contribution in [2.45, 2.75) is 72.4 Å². The van der Waals surface area contributed by atoms with Crippen molar-refractivity contribution < 1.29 is 32.7 Å². The molecule has 13 nitrogen and oxygen atoms in total. The maximum absolute atomic E-state index is 13.6. The molecule has 4 N–H and O–H groups in total. The minimum atomic E-state index is -3.68. The van der Waals surface area contributed by atoms with Crippen molar-refractivity contribution in [3.63, 3.8) is 0 Å². The first kappa shape index (κ1) is 38.6. The van der Waals surface area contributed by atoms with E-state index in [4.69, 9.17) is 30.0 Å². The van der Waals surface area contributed by atoms with Crippen molar-refractivity contribution in [2.75, 3.05) is 44.3 Å². The number of hydrogen-bond acceptors (Lipinski definition) is 13. The van der Waals surface area contributed by atoms with Gasteiger partial charge in [0, 0.05) is 18.7 Å². The number of thioether (sulfide) groups is 1.